The minimum atomic E-state index is -5.08. The van der Waals surface area contributed by atoms with Gasteiger partial charge in [-0.3, -0.25) is 9.11 Å². The van der Waals surface area contributed by atoms with Crippen molar-refractivity contribution in [3.63, 3.8) is 0 Å². The van der Waals surface area contributed by atoms with E-state index in [0.717, 1.165) is 10.8 Å². The average molecular weight is 591 g/mol. The van der Waals surface area contributed by atoms with E-state index in [-0.39, 0.29) is 9.79 Å². The zero-order valence-electron chi connectivity index (χ0n) is 20.1. The molecule has 0 aromatic heterocycles. The first-order valence-electron chi connectivity index (χ1n) is 10.4. The number of ether oxygens (including phenoxy) is 2. The van der Waals surface area contributed by atoms with Crippen LogP contribution in [-0.2, 0) is 25.0 Å². The van der Waals surface area contributed by atoms with Crippen LogP contribution in [0.25, 0.3) is 21.5 Å². The van der Waals surface area contributed by atoms with Crippen LogP contribution in [-0.4, -0.2) is 57.4 Å². The lowest BCUT2D eigenvalue weighted by molar-refractivity contribution is -0.192. The average Bonchev–Trinajstić information content (AvgIpc) is 2.86. The molecular weight excluding hydrogens is 569 g/mol. The van der Waals surface area contributed by atoms with Crippen LogP contribution >= 0.6 is 0 Å². The number of carbonyl (C=O) groups is 1. The normalized spacial score (nSPS) is 11.6. The SMILES string of the molecule is COc1ccc2ccc(S(=O)(=O)O)cc2c1.COc1ccc2ccc(S(=O)(=O)O)cc2c1.O=C(O)C(F)(F)F. The maximum absolute atomic E-state index is 11.0. The number of aliphatic carboxylic acids is 1. The number of alkyl halides is 3. The summed E-state index contributed by atoms with van der Waals surface area (Å²) in [5.74, 6) is -1.48. The molecule has 10 nitrogen and oxygen atoms in total. The van der Waals surface area contributed by atoms with Crippen molar-refractivity contribution in [1.82, 2.24) is 0 Å². The van der Waals surface area contributed by atoms with Gasteiger partial charge in [-0.2, -0.15) is 30.0 Å². The van der Waals surface area contributed by atoms with Crippen LogP contribution in [0, 0.1) is 0 Å². The third kappa shape index (κ3) is 9.10. The molecule has 0 radical (unpaired) electrons. The fraction of sp³-hybridized carbons (Fsp3) is 0.125. The Labute approximate surface area is 220 Å². The van der Waals surface area contributed by atoms with Gasteiger partial charge < -0.3 is 14.6 Å². The fourth-order valence-corrected chi connectivity index (χ4v) is 4.01. The molecule has 0 saturated carbocycles. The van der Waals surface area contributed by atoms with Gasteiger partial charge in [0.2, 0.25) is 0 Å². The Kier molecular flexibility index (Phi) is 9.87. The third-order valence-electron chi connectivity index (χ3n) is 4.88. The van der Waals surface area contributed by atoms with Gasteiger partial charge in [0, 0.05) is 0 Å². The molecule has 3 N–H and O–H groups in total. The maximum Gasteiger partial charge on any atom is 0.490 e. The third-order valence-corrected chi connectivity index (χ3v) is 6.58. The van der Waals surface area contributed by atoms with Gasteiger partial charge in [0.25, 0.3) is 20.2 Å². The first-order valence-corrected chi connectivity index (χ1v) is 13.2. The van der Waals surface area contributed by atoms with Crippen molar-refractivity contribution in [3.8, 4) is 11.5 Å². The molecule has 0 aliphatic rings. The topological polar surface area (TPSA) is 164 Å². The van der Waals surface area contributed by atoms with E-state index in [1.54, 1.807) is 36.4 Å². The zero-order chi connectivity index (χ0) is 29.6. The highest BCUT2D eigenvalue weighted by atomic mass is 32.2. The summed E-state index contributed by atoms with van der Waals surface area (Å²) in [6.07, 6.45) is -5.08. The molecule has 0 bridgehead atoms. The summed E-state index contributed by atoms with van der Waals surface area (Å²) < 4.78 is 103. The lowest BCUT2D eigenvalue weighted by Crippen LogP contribution is -2.21. The Morgan fingerprint density at radius 1 is 0.641 bits per heavy atom. The molecule has 4 rings (SSSR count). The minimum Gasteiger partial charge on any atom is -0.497 e. The quantitative estimate of drug-likeness (QED) is 0.281. The number of fused-ring (bicyclic) bond motifs is 2. The van der Waals surface area contributed by atoms with Crippen molar-refractivity contribution in [2.45, 2.75) is 16.0 Å². The van der Waals surface area contributed by atoms with Gasteiger partial charge in [-0.05, 0) is 70.1 Å². The Morgan fingerprint density at radius 3 is 1.21 bits per heavy atom. The van der Waals surface area contributed by atoms with Crippen molar-refractivity contribution in [3.05, 3.63) is 72.8 Å². The summed E-state index contributed by atoms with van der Waals surface area (Å²) in [5.41, 5.74) is 0. The Morgan fingerprint density at radius 2 is 0.949 bits per heavy atom. The lowest BCUT2D eigenvalue weighted by Gasteiger charge is -2.03. The summed E-state index contributed by atoms with van der Waals surface area (Å²) in [5, 5.41) is 10.3. The number of halogens is 3. The van der Waals surface area contributed by atoms with Crippen LogP contribution < -0.4 is 9.47 Å². The monoisotopic (exact) mass is 590 g/mol. The highest BCUT2D eigenvalue weighted by molar-refractivity contribution is 7.86. The molecule has 0 amide bonds. The second-order valence-electron chi connectivity index (χ2n) is 7.50. The first kappa shape index (κ1) is 31.3. The molecular formula is C24H21F3O10S2. The second kappa shape index (κ2) is 12.3. The van der Waals surface area contributed by atoms with E-state index in [2.05, 4.69) is 0 Å². The highest BCUT2D eigenvalue weighted by Gasteiger charge is 2.38. The summed E-state index contributed by atoms with van der Waals surface area (Å²) in [6, 6.07) is 19.5. The molecule has 0 fully saturated rings. The summed E-state index contributed by atoms with van der Waals surface area (Å²) in [7, 11) is -5.24. The Balaban J connectivity index is 0.000000222. The van der Waals surface area contributed by atoms with E-state index < -0.39 is 32.4 Å². The number of carboxylic acid groups (broad SMARTS) is 1. The Hall–Kier alpha value is -3.92. The van der Waals surface area contributed by atoms with Crippen LogP contribution in [0.15, 0.2) is 82.6 Å². The summed E-state index contributed by atoms with van der Waals surface area (Å²) in [4.78, 5) is 8.66. The maximum atomic E-state index is 11.0. The van der Waals surface area contributed by atoms with Crippen LogP contribution in [0.5, 0.6) is 11.5 Å². The molecule has 15 heteroatoms. The van der Waals surface area contributed by atoms with Gasteiger partial charge >= 0.3 is 12.1 Å². The molecule has 4 aromatic carbocycles. The van der Waals surface area contributed by atoms with Crippen molar-refractivity contribution in [2.24, 2.45) is 0 Å². The number of methoxy groups -OCH3 is 2. The molecule has 4 aromatic rings. The molecule has 0 saturated heterocycles. The zero-order valence-corrected chi connectivity index (χ0v) is 21.7. The molecule has 0 spiro atoms. The smallest absolute Gasteiger partial charge is 0.490 e. The predicted molar refractivity (Wildman–Crippen MR) is 134 cm³/mol. The number of carboxylic acids is 1. The van der Waals surface area contributed by atoms with Crippen LogP contribution in [0.2, 0.25) is 0 Å². The van der Waals surface area contributed by atoms with Crippen molar-refractivity contribution in [2.75, 3.05) is 14.2 Å². The van der Waals surface area contributed by atoms with E-state index in [4.69, 9.17) is 28.5 Å². The van der Waals surface area contributed by atoms with E-state index >= 15 is 0 Å². The number of hydrogen-bond acceptors (Lipinski definition) is 7. The second-order valence-corrected chi connectivity index (χ2v) is 10.3. The number of benzene rings is 4. The standard InChI is InChI=1S/2C11H10O4S.C2HF3O2/c2*1-15-10-4-2-8-3-5-11(16(12,13)14)7-9(8)6-10;3-2(4,5)1(6)7/h2*2-7H,1H3,(H,12,13,14);(H,6,7). The van der Waals surface area contributed by atoms with Crippen LogP contribution in [0.4, 0.5) is 13.2 Å². The molecule has 0 aliphatic heterocycles. The van der Waals surface area contributed by atoms with Gasteiger partial charge in [0.1, 0.15) is 11.5 Å². The predicted octanol–water partition coefficient (Wildman–Crippen LogP) is 4.82. The fourth-order valence-electron chi connectivity index (χ4n) is 2.98. The van der Waals surface area contributed by atoms with Gasteiger partial charge in [-0.15, -0.1) is 0 Å². The van der Waals surface area contributed by atoms with Crippen molar-refractivity contribution < 1.29 is 58.5 Å². The highest BCUT2D eigenvalue weighted by Crippen LogP contribution is 2.24. The molecule has 0 aliphatic carbocycles. The minimum absolute atomic E-state index is 0.117. The molecule has 0 unspecified atom stereocenters. The van der Waals surface area contributed by atoms with Crippen LogP contribution in [0.1, 0.15) is 0 Å². The number of hydrogen-bond donors (Lipinski definition) is 3. The molecule has 0 heterocycles. The largest absolute Gasteiger partial charge is 0.497 e. The summed E-state index contributed by atoms with van der Waals surface area (Å²) in [6.45, 7) is 0. The van der Waals surface area contributed by atoms with Gasteiger partial charge in [-0.1, -0.05) is 24.3 Å². The summed E-state index contributed by atoms with van der Waals surface area (Å²) >= 11 is 0. The molecule has 39 heavy (non-hydrogen) atoms. The molecule has 210 valence electrons. The van der Waals surface area contributed by atoms with E-state index in [9.17, 15) is 30.0 Å². The Bertz CT molecular complexity index is 1590. The van der Waals surface area contributed by atoms with E-state index in [0.29, 0.717) is 22.3 Å². The first-order chi connectivity index (χ1) is 18.0. The molecule has 0 atom stereocenters. The van der Waals surface area contributed by atoms with Crippen molar-refractivity contribution >= 4 is 47.8 Å². The number of rotatable bonds is 4. The van der Waals surface area contributed by atoms with Gasteiger partial charge in [0.05, 0.1) is 24.0 Å². The van der Waals surface area contributed by atoms with E-state index in [1.165, 1.54) is 38.5 Å². The van der Waals surface area contributed by atoms with E-state index in [1.807, 2.05) is 12.1 Å². The van der Waals surface area contributed by atoms with Gasteiger partial charge in [-0.25, -0.2) is 4.79 Å². The van der Waals surface area contributed by atoms with Crippen molar-refractivity contribution in [1.29, 1.82) is 0 Å². The van der Waals surface area contributed by atoms with Gasteiger partial charge in [0.15, 0.2) is 0 Å². The van der Waals surface area contributed by atoms with Crippen LogP contribution in [0.3, 0.4) is 0 Å². The lowest BCUT2D eigenvalue weighted by atomic mass is 10.1.